The maximum atomic E-state index is 13.3. The predicted molar refractivity (Wildman–Crippen MR) is 60.9 cm³/mol. The van der Waals surface area contributed by atoms with E-state index in [0.29, 0.717) is 0 Å². The zero-order valence-corrected chi connectivity index (χ0v) is 8.98. The number of halogens is 1. The second-order valence-corrected chi connectivity index (χ2v) is 3.36. The number of para-hydroxylation sites is 1. The Kier molecular flexibility index (Phi) is 3.05. The van der Waals surface area contributed by atoms with E-state index >= 15 is 0 Å². The number of aromatic amines is 1. The van der Waals surface area contributed by atoms with E-state index in [2.05, 4.69) is 15.3 Å². The Bertz CT molecular complexity index is 654. The molecule has 0 saturated carbocycles. The second-order valence-electron chi connectivity index (χ2n) is 3.36. The first-order valence-electron chi connectivity index (χ1n) is 4.92. The first-order valence-corrected chi connectivity index (χ1v) is 4.92. The summed E-state index contributed by atoms with van der Waals surface area (Å²) in [6.07, 6.45) is 0.956. The van der Waals surface area contributed by atoms with Gasteiger partial charge >= 0.3 is 0 Å². The summed E-state index contributed by atoms with van der Waals surface area (Å²) in [6, 6.07) is 5.46. The monoisotopic (exact) mass is 249 g/mol. The van der Waals surface area contributed by atoms with Crippen molar-refractivity contribution in [3.63, 3.8) is 0 Å². The van der Waals surface area contributed by atoms with Gasteiger partial charge < -0.3 is 15.4 Å². The van der Waals surface area contributed by atoms with Gasteiger partial charge in [-0.15, -0.1) is 0 Å². The van der Waals surface area contributed by atoms with Crippen LogP contribution in [0.2, 0.25) is 0 Å². The molecule has 18 heavy (non-hydrogen) atoms. The number of carbonyl (C=O) groups excluding carboxylic acids is 1. The third-order valence-corrected chi connectivity index (χ3v) is 2.18. The Morgan fingerprint density at radius 3 is 2.78 bits per heavy atom. The van der Waals surface area contributed by atoms with Crippen LogP contribution < -0.4 is 10.9 Å². The Hall–Kier alpha value is -2.70. The summed E-state index contributed by atoms with van der Waals surface area (Å²) in [4.78, 5) is 28.6. The molecule has 0 fully saturated rings. The van der Waals surface area contributed by atoms with Crippen LogP contribution in [0.5, 0.6) is 5.88 Å². The van der Waals surface area contributed by atoms with E-state index in [1.165, 1.54) is 18.2 Å². The number of benzene rings is 1. The smallest absolute Gasteiger partial charge is 0.267 e. The minimum Gasteiger partial charge on any atom is -0.493 e. The zero-order chi connectivity index (χ0) is 13.1. The van der Waals surface area contributed by atoms with Gasteiger partial charge in [0.25, 0.3) is 11.5 Å². The number of aromatic nitrogens is 2. The minimum absolute atomic E-state index is 0.0925. The highest BCUT2D eigenvalue weighted by Gasteiger charge is 2.17. The maximum Gasteiger partial charge on any atom is 0.267 e. The fourth-order valence-electron chi connectivity index (χ4n) is 1.34. The molecule has 1 aromatic carbocycles. The average molecular weight is 249 g/mol. The number of amides is 1. The molecule has 7 heteroatoms. The highest BCUT2D eigenvalue weighted by Crippen LogP contribution is 2.15. The van der Waals surface area contributed by atoms with Gasteiger partial charge in [-0.1, -0.05) is 12.1 Å². The molecule has 2 rings (SSSR count). The normalized spacial score (nSPS) is 10.1. The summed E-state index contributed by atoms with van der Waals surface area (Å²) < 4.78 is 13.3. The van der Waals surface area contributed by atoms with Gasteiger partial charge in [-0.3, -0.25) is 9.59 Å². The molecule has 0 aliphatic heterocycles. The second kappa shape index (κ2) is 4.66. The predicted octanol–water partition coefficient (Wildman–Crippen LogP) is 0.867. The number of rotatable bonds is 2. The van der Waals surface area contributed by atoms with Gasteiger partial charge in [0, 0.05) is 0 Å². The topological polar surface area (TPSA) is 95.1 Å². The van der Waals surface area contributed by atoms with Gasteiger partial charge in [-0.2, -0.15) is 0 Å². The van der Waals surface area contributed by atoms with Crippen LogP contribution in [0.1, 0.15) is 10.4 Å². The van der Waals surface area contributed by atoms with Gasteiger partial charge in [0.05, 0.1) is 12.0 Å². The van der Waals surface area contributed by atoms with Crippen LogP contribution in [-0.4, -0.2) is 21.0 Å². The first-order chi connectivity index (χ1) is 8.59. The Morgan fingerprint density at radius 2 is 2.11 bits per heavy atom. The molecule has 0 saturated heterocycles. The Labute approximate surface area is 100 Å². The van der Waals surface area contributed by atoms with Gasteiger partial charge in [-0.05, 0) is 12.1 Å². The lowest BCUT2D eigenvalue weighted by Crippen LogP contribution is -2.24. The van der Waals surface area contributed by atoms with Crippen molar-refractivity contribution in [3.8, 4) is 5.88 Å². The lowest BCUT2D eigenvalue weighted by atomic mass is 10.2. The largest absolute Gasteiger partial charge is 0.493 e. The van der Waals surface area contributed by atoms with Crippen LogP contribution in [0.25, 0.3) is 0 Å². The number of hydrogen-bond acceptors (Lipinski definition) is 4. The standard InChI is InChI=1S/C11H8FN3O3/c12-6-3-1-2-4-7(6)15-11(18)8-9(16)13-5-14-10(8)17/h1-5H,(H,15,18)(H2,13,14,16,17). The van der Waals surface area contributed by atoms with Crippen molar-refractivity contribution in [2.24, 2.45) is 0 Å². The van der Waals surface area contributed by atoms with Crippen LogP contribution in [0.3, 0.4) is 0 Å². The van der Waals surface area contributed by atoms with Crippen molar-refractivity contribution >= 4 is 11.6 Å². The van der Waals surface area contributed by atoms with E-state index in [-0.39, 0.29) is 5.69 Å². The molecule has 0 aliphatic carbocycles. The van der Waals surface area contributed by atoms with E-state index in [1.54, 1.807) is 0 Å². The van der Waals surface area contributed by atoms with Crippen molar-refractivity contribution in [1.29, 1.82) is 0 Å². The van der Waals surface area contributed by atoms with Crippen molar-refractivity contribution in [1.82, 2.24) is 9.97 Å². The summed E-state index contributed by atoms with van der Waals surface area (Å²) >= 11 is 0. The van der Waals surface area contributed by atoms with Crippen molar-refractivity contribution < 1.29 is 14.3 Å². The number of nitrogens with zero attached hydrogens (tertiary/aromatic N) is 1. The Morgan fingerprint density at radius 1 is 1.39 bits per heavy atom. The van der Waals surface area contributed by atoms with Crippen LogP contribution in [0.15, 0.2) is 35.4 Å². The molecule has 0 bridgehead atoms. The molecule has 3 N–H and O–H groups in total. The fraction of sp³-hybridized carbons (Fsp3) is 0. The van der Waals surface area contributed by atoms with E-state index in [9.17, 15) is 19.1 Å². The number of aromatic hydroxyl groups is 1. The van der Waals surface area contributed by atoms with Gasteiger partial charge in [0.1, 0.15) is 5.82 Å². The third-order valence-electron chi connectivity index (χ3n) is 2.18. The lowest BCUT2D eigenvalue weighted by molar-refractivity contribution is 0.102. The average Bonchev–Trinajstić information content (AvgIpc) is 2.32. The van der Waals surface area contributed by atoms with E-state index < -0.39 is 28.7 Å². The molecule has 0 radical (unpaired) electrons. The number of anilines is 1. The highest BCUT2D eigenvalue weighted by molar-refractivity contribution is 6.05. The summed E-state index contributed by atoms with van der Waals surface area (Å²) in [5.41, 5.74) is -1.47. The lowest BCUT2D eigenvalue weighted by Gasteiger charge is -2.05. The quantitative estimate of drug-likeness (QED) is 0.735. The number of carbonyl (C=O) groups is 1. The molecule has 1 amide bonds. The first kappa shape index (κ1) is 11.8. The number of H-pyrrole nitrogens is 1. The van der Waals surface area contributed by atoms with E-state index in [0.717, 1.165) is 12.4 Å². The third kappa shape index (κ3) is 2.19. The fourth-order valence-corrected chi connectivity index (χ4v) is 1.34. The van der Waals surface area contributed by atoms with Crippen molar-refractivity contribution in [2.75, 3.05) is 5.32 Å². The van der Waals surface area contributed by atoms with Crippen LogP contribution in [0.4, 0.5) is 10.1 Å². The van der Waals surface area contributed by atoms with E-state index in [1.807, 2.05) is 0 Å². The number of hydrogen-bond donors (Lipinski definition) is 3. The maximum absolute atomic E-state index is 13.3. The van der Waals surface area contributed by atoms with Gasteiger partial charge in [-0.25, -0.2) is 9.37 Å². The molecule has 0 unspecified atom stereocenters. The Balaban J connectivity index is 2.34. The van der Waals surface area contributed by atoms with Crippen LogP contribution in [0, 0.1) is 5.82 Å². The molecule has 92 valence electrons. The SMILES string of the molecule is O=C(Nc1ccccc1F)c1c(O)nc[nH]c1=O. The summed E-state index contributed by atoms with van der Waals surface area (Å²) in [7, 11) is 0. The summed E-state index contributed by atoms with van der Waals surface area (Å²) in [6.45, 7) is 0. The van der Waals surface area contributed by atoms with Gasteiger partial charge in [0.2, 0.25) is 5.88 Å². The molecular weight excluding hydrogens is 241 g/mol. The molecule has 2 aromatic rings. The highest BCUT2D eigenvalue weighted by atomic mass is 19.1. The van der Waals surface area contributed by atoms with E-state index in [4.69, 9.17) is 0 Å². The molecule has 0 atom stereocenters. The van der Waals surface area contributed by atoms with Gasteiger partial charge in [0.15, 0.2) is 5.56 Å². The molecule has 1 heterocycles. The minimum atomic E-state index is -0.938. The number of nitrogens with one attached hydrogen (secondary N) is 2. The van der Waals surface area contributed by atoms with Crippen molar-refractivity contribution in [2.45, 2.75) is 0 Å². The molecule has 0 spiro atoms. The van der Waals surface area contributed by atoms with Crippen molar-refractivity contribution in [3.05, 3.63) is 52.3 Å². The zero-order valence-electron chi connectivity index (χ0n) is 8.98. The van der Waals surface area contributed by atoms with Crippen LogP contribution >= 0.6 is 0 Å². The molecule has 1 aromatic heterocycles. The summed E-state index contributed by atoms with van der Waals surface area (Å²) in [5, 5.41) is 11.5. The molecule has 6 nitrogen and oxygen atoms in total. The molecular formula is C11H8FN3O3. The van der Waals surface area contributed by atoms with Crippen LogP contribution in [-0.2, 0) is 0 Å². The molecule has 0 aliphatic rings. The summed E-state index contributed by atoms with van der Waals surface area (Å²) in [5.74, 6) is -2.30.